The minimum atomic E-state index is -0.243. The Balaban J connectivity index is 2.76. The highest BCUT2D eigenvalue weighted by Gasteiger charge is 2.07. The molecule has 0 radical (unpaired) electrons. The number of hydrogen-bond acceptors (Lipinski definition) is 2. The molecule has 0 unspecified atom stereocenters. The maximum Gasteiger partial charge on any atom is 0.237 e. The largest absolute Gasteiger partial charge is 0.279 e. The van der Waals surface area contributed by atoms with Gasteiger partial charge in [0.25, 0.3) is 0 Å². The molecule has 1 heterocycles. The van der Waals surface area contributed by atoms with Gasteiger partial charge < -0.3 is 0 Å². The van der Waals surface area contributed by atoms with Crippen molar-refractivity contribution < 1.29 is 4.79 Å². The minimum absolute atomic E-state index is 0.243. The van der Waals surface area contributed by atoms with Crippen LogP contribution in [0.5, 0.6) is 0 Å². The van der Waals surface area contributed by atoms with E-state index in [0.29, 0.717) is 5.56 Å². The lowest BCUT2D eigenvalue weighted by Gasteiger charge is -1.95. The van der Waals surface area contributed by atoms with Gasteiger partial charge in [0, 0.05) is 10.3 Å². The summed E-state index contributed by atoms with van der Waals surface area (Å²) in [6.07, 6.45) is 5.07. The van der Waals surface area contributed by atoms with Gasteiger partial charge >= 0.3 is 0 Å². The maximum absolute atomic E-state index is 11.3. The summed E-state index contributed by atoms with van der Waals surface area (Å²) in [5.74, 6) is 1.89. The van der Waals surface area contributed by atoms with Crippen LogP contribution in [0.2, 0.25) is 0 Å². The number of benzene rings is 1. The zero-order valence-corrected chi connectivity index (χ0v) is 7.60. The first-order valence-electron chi connectivity index (χ1n) is 3.80. The van der Waals surface area contributed by atoms with Crippen LogP contribution in [-0.4, -0.2) is 5.78 Å². The van der Waals surface area contributed by atoms with Crippen molar-refractivity contribution in [2.75, 3.05) is 0 Å². The molecule has 0 saturated carbocycles. The third-order valence-corrected chi connectivity index (χ3v) is 2.82. The maximum atomic E-state index is 11.3. The lowest BCUT2D eigenvalue weighted by Crippen LogP contribution is -1.93. The van der Waals surface area contributed by atoms with Gasteiger partial charge in [0.2, 0.25) is 5.78 Å². The third kappa shape index (κ3) is 1.24. The van der Waals surface area contributed by atoms with E-state index in [9.17, 15) is 4.79 Å². The van der Waals surface area contributed by atoms with Gasteiger partial charge in [-0.3, -0.25) is 4.79 Å². The molecule has 0 saturated heterocycles. The molecule has 2 heteroatoms. The number of ketones is 1. The smallest absolute Gasteiger partial charge is 0.237 e. The average molecular weight is 186 g/mol. The molecule has 1 aromatic carbocycles. The first-order valence-corrected chi connectivity index (χ1v) is 4.68. The van der Waals surface area contributed by atoms with Gasteiger partial charge in [-0.15, -0.1) is 17.8 Å². The highest BCUT2D eigenvalue weighted by atomic mass is 32.1. The highest BCUT2D eigenvalue weighted by molar-refractivity contribution is 7.17. The Morgan fingerprint density at radius 1 is 1.38 bits per heavy atom. The van der Waals surface area contributed by atoms with E-state index in [-0.39, 0.29) is 5.78 Å². The Hall–Kier alpha value is -1.59. The molecular weight excluding hydrogens is 180 g/mol. The zero-order chi connectivity index (χ0) is 9.26. The second-order valence-electron chi connectivity index (χ2n) is 2.62. The van der Waals surface area contributed by atoms with Crippen LogP contribution >= 0.6 is 11.3 Å². The Labute approximate surface area is 80.0 Å². The van der Waals surface area contributed by atoms with Gasteiger partial charge in [0.15, 0.2) is 0 Å². The van der Waals surface area contributed by atoms with Crippen LogP contribution < -0.4 is 0 Å². The summed E-state index contributed by atoms with van der Waals surface area (Å²) in [5, 5.41) is 3.03. The number of fused-ring (bicyclic) bond motifs is 1. The van der Waals surface area contributed by atoms with Gasteiger partial charge in [-0.25, -0.2) is 0 Å². The quantitative estimate of drug-likeness (QED) is 0.380. The summed E-state index contributed by atoms with van der Waals surface area (Å²) in [6.45, 7) is 0. The summed E-state index contributed by atoms with van der Waals surface area (Å²) >= 11 is 1.54. The van der Waals surface area contributed by atoms with Crippen molar-refractivity contribution in [3.8, 4) is 12.3 Å². The van der Waals surface area contributed by atoms with Gasteiger partial charge in [0.1, 0.15) is 0 Å². The van der Waals surface area contributed by atoms with E-state index < -0.39 is 0 Å². The number of carbonyl (C=O) groups excluding carboxylic acids is 1. The summed E-state index contributed by atoms with van der Waals surface area (Å²) in [7, 11) is 0. The molecule has 1 nitrogen and oxygen atoms in total. The lowest BCUT2D eigenvalue weighted by atomic mass is 10.1. The van der Waals surface area contributed by atoms with E-state index in [1.807, 2.05) is 23.6 Å². The second-order valence-corrected chi connectivity index (χ2v) is 3.53. The number of Topliss-reactive ketones (excluding diaryl/α,β-unsaturated/α-hetero) is 1. The molecule has 0 aliphatic carbocycles. The Morgan fingerprint density at radius 3 is 3.00 bits per heavy atom. The summed E-state index contributed by atoms with van der Waals surface area (Å²) in [5.41, 5.74) is 0.634. The highest BCUT2D eigenvalue weighted by Crippen LogP contribution is 2.24. The predicted molar refractivity (Wildman–Crippen MR) is 55.0 cm³/mol. The van der Waals surface area contributed by atoms with E-state index in [0.717, 1.165) is 10.1 Å². The molecule has 2 aromatic rings. The third-order valence-electron chi connectivity index (χ3n) is 1.85. The molecular formula is C11H6OS. The van der Waals surface area contributed by atoms with Gasteiger partial charge in [-0.05, 0) is 28.8 Å². The van der Waals surface area contributed by atoms with E-state index in [2.05, 4.69) is 5.92 Å². The number of terminal acetylenes is 1. The van der Waals surface area contributed by atoms with Crippen molar-refractivity contribution >= 4 is 27.2 Å². The van der Waals surface area contributed by atoms with Crippen molar-refractivity contribution in [1.29, 1.82) is 0 Å². The topological polar surface area (TPSA) is 17.1 Å². The molecule has 0 aliphatic rings. The van der Waals surface area contributed by atoms with E-state index in [1.165, 1.54) is 0 Å². The van der Waals surface area contributed by atoms with Gasteiger partial charge in [-0.2, -0.15) is 0 Å². The number of thiophene rings is 1. The molecule has 2 rings (SSSR count). The van der Waals surface area contributed by atoms with Crippen LogP contribution in [0.1, 0.15) is 10.4 Å². The Kier molecular flexibility index (Phi) is 1.88. The van der Waals surface area contributed by atoms with Gasteiger partial charge in [0.05, 0.1) is 0 Å². The molecule has 0 spiro atoms. The molecule has 0 bridgehead atoms. The molecule has 0 aliphatic heterocycles. The minimum Gasteiger partial charge on any atom is -0.279 e. The molecule has 0 fully saturated rings. The fourth-order valence-corrected chi connectivity index (χ4v) is 2.16. The van der Waals surface area contributed by atoms with Crippen molar-refractivity contribution in [1.82, 2.24) is 0 Å². The molecule has 62 valence electrons. The van der Waals surface area contributed by atoms with Crippen molar-refractivity contribution in [3.63, 3.8) is 0 Å². The standard InChI is InChI=1S/C11H6OS/c1-2-10(12)9-5-3-4-8-6-7-13-11(8)9/h1,3-7H. The number of carbonyl (C=O) groups is 1. The SMILES string of the molecule is C#CC(=O)c1cccc2ccsc12. The monoisotopic (exact) mass is 186 g/mol. The second kappa shape index (κ2) is 3.04. The normalized spacial score (nSPS) is 9.77. The van der Waals surface area contributed by atoms with E-state index in [4.69, 9.17) is 6.42 Å². The molecule has 0 amide bonds. The van der Waals surface area contributed by atoms with Crippen LogP contribution in [0.4, 0.5) is 0 Å². The van der Waals surface area contributed by atoms with Crippen LogP contribution in [0.25, 0.3) is 10.1 Å². The number of rotatable bonds is 1. The molecule has 0 N–H and O–H groups in total. The summed E-state index contributed by atoms with van der Waals surface area (Å²) in [6, 6.07) is 7.56. The van der Waals surface area contributed by atoms with Crippen LogP contribution in [0.3, 0.4) is 0 Å². The summed E-state index contributed by atoms with van der Waals surface area (Å²) < 4.78 is 0.977. The molecule has 1 aromatic heterocycles. The fourth-order valence-electron chi connectivity index (χ4n) is 1.25. The van der Waals surface area contributed by atoms with Crippen LogP contribution in [-0.2, 0) is 0 Å². The van der Waals surface area contributed by atoms with E-state index >= 15 is 0 Å². The molecule has 13 heavy (non-hydrogen) atoms. The van der Waals surface area contributed by atoms with E-state index in [1.54, 1.807) is 17.4 Å². The predicted octanol–water partition coefficient (Wildman–Crippen LogP) is 2.72. The zero-order valence-electron chi connectivity index (χ0n) is 6.78. The van der Waals surface area contributed by atoms with Gasteiger partial charge in [-0.1, -0.05) is 12.1 Å². The summed E-state index contributed by atoms with van der Waals surface area (Å²) in [4.78, 5) is 11.3. The first-order chi connectivity index (χ1) is 6.33. The first kappa shape index (κ1) is 8.03. The average Bonchev–Trinajstić information content (AvgIpc) is 2.63. The number of hydrogen-bond donors (Lipinski definition) is 0. The Bertz CT molecular complexity index is 502. The van der Waals surface area contributed by atoms with Crippen LogP contribution in [0.15, 0.2) is 29.6 Å². The Morgan fingerprint density at radius 2 is 2.23 bits per heavy atom. The van der Waals surface area contributed by atoms with Crippen molar-refractivity contribution in [2.24, 2.45) is 0 Å². The van der Waals surface area contributed by atoms with Crippen LogP contribution in [0, 0.1) is 12.3 Å². The molecule has 0 atom stereocenters. The lowest BCUT2D eigenvalue weighted by molar-refractivity contribution is 0.105. The fraction of sp³-hybridized carbons (Fsp3) is 0. The van der Waals surface area contributed by atoms with Crippen molar-refractivity contribution in [2.45, 2.75) is 0 Å². The van der Waals surface area contributed by atoms with Crippen molar-refractivity contribution in [3.05, 3.63) is 35.2 Å².